The summed E-state index contributed by atoms with van der Waals surface area (Å²) in [6.07, 6.45) is 3.84. The van der Waals surface area contributed by atoms with E-state index in [4.69, 9.17) is 10.5 Å². The molecule has 9 rings (SSSR count). The van der Waals surface area contributed by atoms with Crippen LogP contribution in [0.15, 0.2) is 163 Å². The van der Waals surface area contributed by atoms with Gasteiger partial charge in [-0.3, -0.25) is 10.8 Å². The van der Waals surface area contributed by atoms with Crippen LogP contribution in [0.5, 0.6) is 0 Å². The minimum absolute atomic E-state index is 0.0530. The molecule has 0 aliphatic heterocycles. The average Bonchev–Trinajstić information content (AvgIpc) is 3.40. The van der Waals surface area contributed by atoms with Crippen LogP contribution in [-0.2, 0) is 5.41 Å². The van der Waals surface area contributed by atoms with Crippen LogP contribution in [0.1, 0.15) is 36.1 Å². The first-order valence-corrected chi connectivity index (χ1v) is 17.1. The topological polar surface area (TPSA) is 48.2 Å². The molecule has 0 aromatic heterocycles. The Labute approximate surface area is 292 Å². The Balaban J connectivity index is 1.12. The Morgan fingerprint density at radius 1 is 0.520 bits per heavy atom. The van der Waals surface area contributed by atoms with Gasteiger partial charge < -0.3 is 0 Å². The van der Waals surface area contributed by atoms with Crippen molar-refractivity contribution in [3.63, 3.8) is 0 Å². The quantitative estimate of drug-likeness (QED) is 0.181. The number of allylic oxidation sites excluding steroid dienone is 1. The van der Waals surface area contributed by atoms with Crippen molar-refractivity contribution in [3.8, 4) is 44.5 Å². The zero-order chi connectivity index (χ0) is 33.8. The van der Waals surface area contributed by atoms with Crippen molar-refractivity contribution in [1.82, 2.24) is 0 Å². The van der Waals surface area contributed by atoms with Gasteiger partial charge >= 0.3 is 0 Å². The molecule has 3 nitrogen and oxygen atoms in total. The van der Waals surface area contributed by atoms with E-state index in [9.17, 15) is 0 Å². The average molecular weight is 642 g/mol. The SMILES string of the molecule is CC1(C)c2ccccc2-c2ccc(-c3ccccc3-c3cccc(-c4ccc5ccc6c(c5c4)/C(=N/Nc4ccccc4)C(=N)C=C6)c3)cc21. The zero-order valence-electron chi connectivity index (χ0n) is 28.0. The Morgan fingerprint density at radius 2 is 1.16 bits per heavy atom. The third kappa shape index (κ3) is 4.90. The second kappa shape index (κ2) is 11.7. The molecule has 2 aliphatic carbocycles. The van der Waals surface area contributed by atoms with E-state index in [1.165, 1.54) is 44.5 Å². The third-order valence-electron chi connectivity index (χ3n) is 10.4. The zero-order valence-corrected chi connectivity index (χ0v) is 28.0. The fourth-order valence-electron chi connectivity index (χ4n) is 7.78. The molecule has 2 aliphatic rings. The van der Waals surface area contributed by atoms with E-state index in [0.717, 1.165) is 38.7 Å². The van der Waals surface area contributed by atoms with Crippen LogP contribution in [-0.4, -0.2) is 11.4 Å². The summed E-state index contributed by atoms with van der Waals surface area (Å²) in [5.74, 6) is 0. The lowest BCUT2D eigenvalue weighted by Crippen LogP contribution is -2.19. The number of fused-ring (bicyclic) bond motifs is 6. The molecule has 7 aromatic carbocycles. The van der Waals surface area contributed by atoms with Crippen molar-refractivity contribution in [2.24, 2.45) is 5.10 Å². The maximum absolute atomic E-state index is 8.79. The summed E-state index contributed by atoms with van der Waals surface area (Å²) in [6.45, 7) is 4.68. The number of rotatable bonds is 5. The van der Waals surface area contributed by atoms with Crippen molar-refractivity contribution in [2.45, 2.75) is 19.3 Å². The number of benzene rings is 7. The van der Waals surface area contributed by atoms with Gasteiger partial charge in [0.05, 0.1) is 11.4 Å². The highest BCUT2D eigenvalue weighted by molar-refractivity contribution is 6.55. The van der Waals surface area contributed by atoms with Gasteiger partial charge in [0, 0.05) is 11.0 Å². The van der Waals surface area contributed by atoms with E-state index in [1.807, 2.05) is 42.5 Å². The van der Waals surface area contributed by atoms with Crippen molar-refractivity contribution >= 4 is 34.0 Å². The van der Waals surface area contributed by atoms with Gasteiger partial charge in [0.25, 0.3) is 0 Å². The first kappa shape index (κ1) is 29.8. The Hall–Kier alpha value is -6.32. The molecule has 2 N–H and O–H groups in total. The lowest BCUT2D eigenvalue weighted by Gasteiger charge is -2.22. The van der Waals surface area contributed by atoms with Crippen molar-refractivity contribution < 1.29 is 0 Å². The lowest BCUT2D eigenvalue weighted by atomic mass is 9.81. The van der Waals surface area contributed by atoms with Crippen LogP contribution in [0.2, 0.25) is 0 Å². The molecular weight excluding hydrogens is 607 g/mol. The molecule has 0 radical (unpaired) electrons. The first-order valence-electron chi connectivity index (χ1n) is 17.1. The summed E-state index contributed by atoms with van der Waals surface area (Å²) in [7, 11) is 0. The molecule has 0 amide bonds. The van der Waals surface area contributed by atoms with Crippen LogP contribution in [0.25, 0.3) is 61.4 Å². The van der Waals surface area contributed by atoms with Gasteiger partial charge in [0.15, 0.2) is 0 Å². The fraction of sp³-hybridized carbons (Fsp3) is 0.0638. The van der Waals surface area contributed by atoms with Crippen LogP contribution in [0.3, 0.4) is 0 Å². The maximum Gasteiger partial charge on any atom is 0.117 e. The fourth-order valence-corrected chi connectivity index (χ4v) is 7.78. The highest BCUT2D eigenvalue weighted by atomic mass is 15.3. The molecule has 0 bridgehead atoms. The normalized spacial score (nSPS) is 14.8. The van der Waals surface area contributed by atoms with E-state index in [-0.39, 0.29) is 5.41 Å². The predicted octanol–water partition coefficient (Wildman–Crippen LogP) is 12.0. The standard InChI is InChI=1S/C47H35N3/c1-47(2)42-18-9-8-17-39(42)40-25-23-35(29-43(40)47)38-16-7-6-15-37(38)34-12-10-11-32(27-34)33-22-20-30-19-21-31-24-26-44(48)46(45(31)41(30)28-33)50-49-36-13-4-3-5-14-36/h3-29,48-49H,1-2H3/b48-44?,50-46+. The molecule has 0 unspecified atom stereocenters. The minimum atomic E-state index is -0.0530. The van der Waals surface area contributed by atoms with E-state index in [2.05, 4.69) is 141 Å². The van der Waals surface area contributed by atoms with Crippen molar-refractivity contribution in [1.29, 1.82) is 5.41 Å². The molecule has 0 heterocycles. The molecule has 0 saturated heterocycles. The van der Waals surface area contributed by atoms with E-state index in [1.54, 1.807) is 0 Å². The molecule has 3 heteroatoms. The number of hydrogen-bond donors (Lipinski definition) is 2. The molecule has 50 heavy (non-hydrogen) atoms. The molecule has 238 valence electrons. The van der Waals surface area contributed by atoms with Crippen LogP contribution >= 0.6 is 0 Å². The molecule has 0 fully saturated rings. The van der Waals surface area contributed by atoms with Gasteiger partial charge in [-0.15, -0.1) is 0 Å². The van der Waals surface area contributed by atoms with Crippen LogP contribution in [0, 0.1) is 5.41 Å². The van der Waals surface area contributed by atoms with Gasteiger partial charge in [0.2, 0.25) is 0 Å². The smallest absolute Gasteiger partial charge is 0.117 e. The number of para-hydroxylation sites is 1. The second-order valence-corrected chi connectivity index (χ2v) is 13.7. The number of hydrogen-bond acceptors (Lipinski definition) is 3. The summed E-state index contributed by atoms with van der Waals surface area (Å²) in [5.41, 5.74) is 19.6. The molecule has 0 saturated carbocycles. The molecule has 0 spiro atoms. The molecule has 7 aromatic rings. The van der Waals surface area contributed by atoms with Gasteiger partial charge in [-0.2, -0.15) is 5.10 Å². The summed E-state index contributed by atoms with van der Waals surface area (Å²) in [6, 6.07) is 54.2. The van der Waals surface area contributed by atoms with Gasteiger partial charge in [0.1, 0.15) is 5.71 Å². The summed E-state index contributed by atoms with van der Waals surface area (Å²) < 4.78 is 0. The number of nitrogens with zero attached hydrogens (tertiary/aromatic N) is 1. The highest BCUT2D eigenvalue weighted by Crippen LogP contribution is 2.50. The largest absolute Gasteiger partial charge is 0.299 e. The maximum atomic E-state index is 8.79. The Kier molecular flexibility index (Phi) is 6.96. The lowest BCUT2D eigenvalue weighted by molar-refractivity contribution is 0.660. The minimum Gasteiger partial charge on any atom is -0.299 e. The molecule has 0 atom stereocenters. The monoisotopic (exact) mass is 641 g/mol. The number of nitrogens with one attached hydrogen (secondary N) is 2. The highest BCUT2D eigenvalue weighted by Gasteiger charge is 2.35. The predicted molar refractivity (Wildman–Crippen MR) is 211 cm³/mol. The Bertz CT molecular complexity index is 2550. The summed E-state index contributed by atoms with van der Waals surface area (Å²) >= 11 is 0. The first-order chi connectivity index (χ1) is 24.5. The third-order valence-corrected chi connectivity index (χ3v) is 10.4. The summed E-state index contributed by atoms with van der Waals surface area (Å²) in [4.78, 5) is 0. The number of hydrazone groups is 1. The van der Waals surface area contributed by atoms with Gasteiger partial charge in [-0.05, 0) is 108 Å². The second-order valence-electron chi connectivity index (χ2n) is 13.7. The van der Waals surface area contributed by atoms with Crippen LogP contribution in [0.4, 0.5) is 5.69 Å². The molecular formula is C47H35N3. The van der Waals surface area contributed by atoms with Crippen molar-refractivity contribution in [3.05, 3.63) is 180 Å². The Morgan fingerprint density at radius 3 is 1.98 bits per heavy atom. The number of anilines is 1. The van der Waals surface area contributed by atoms with E-state index >= 15 is 0 Å². The van der Waals surface area contributed by atoms with E-state index in [0.29, 0.717) is 11.4 Å². The summed E-state index contributed by atoms with van der Waals surface area (Å²) in [5, 5.41) is 15.7. The van der Waals surface area contributed by atoms with E-state index < -0.39 is 0 Å². The van der Waals surface area contributed by atoms with Crippen LogP contribution < -0.4 is 5.43 Å². The van der Waals surface area contributed by atoms with Gasteiger partial charge in [-0.1, -0.05) is 141 Å². The van der Waals surface area contributed by atoms with Gasteiger partial charge in [-0.25, -0.2) is 0 Å². The van der Waals surface area contributed by atoms with Crippen molar-refractivity contribution in [2.75, 3.05) is 5.43 Å².